The Hall–Kier alpha value is -2.25. The number of aliphatic hydroxyl groups is 4. The average Bonchev–Trinajstić information content (AvgIpc) is 2.86. The molecule has 4 rings (SSSR count). The van der Waals surface area contributed by atoms with Crippen molar-refractivity contribution < 1.29 is 20.4 Å². The number of benzene rings is 3. The molecule has 0 amide bonds. The van der Waals surface area contributed by atoms with Crippen LogP contribution >= 0.6 is 11.6 Å². The van der Waals surface area contributed by atoms with E-state index in [2.05, 4.69) is 4.90 Å². The lowest BCUT2D eigenvalue weighted by atomic mass is 9.82. The van der Waals surface area contributed by atoms with E-state index in [1.165, 1.54) is 0 Å². The van der Waals surface area contributed by atoms with Crippen molar-refractivity contribution in [2.24, 2.45) is 0 Å². The van der Waals surface area contributed by atoms with Gasteiger partial charge in [0, 0.05) is 30.6 Å². The SMILES string of the molecule is OCc1ccc([C@H](O)[C@H](c2ccccc2)[C@H](O)CN2CCC(O)(c3ccc(Cl)cc3)CC2)cc1. The summed E-state index contributed by atoms with van der Waals surface area (Å²) in [6, 6.07) is 24.1. The van der Waals surface area contributed by atoms with Gasteiger partial charge in [-0.25, -0.2) is 0 Å². The van der Waals surface area contributed by atoms with Gasteiger partial charge in [-0.2, -0.15) is 0 Å². The van der Waals surface area contributed by atoms with Crippen LogP contribution in [-0.4, -0.2) is 51.1 Å². The molecule has 0 spiro atoms. The van der Waals surface area contributed by atoms with E-state index in [0.29, 0.717) is 43.1 Å². The fraction of sp³-hybridized carbons (Fsp3) is 0.357. The van der Waals surface area contributed by atoms with Gasteiger partial charge in [0.05, 0.1) is 24.4 Å². The van der Waals surface area contributed by atoms with Crippen molar-refractivity contribution in [2.45, 2.75) is 43.2 Å². The van der Waals surface area contributed by atoms with Crippen molar-refractivity contribution >= 4 is 11.6 Å². The quantitative estimate of drug-likeness (QED) is 0.391. The highest BCUT2D eigenvalue weighted by molar-refractivity contribution is 6.30. The van der Waals surface area contributed by atoms with Crippen molar-refractivity contribution in [3.05, 3.63) is 106 Å². The highest BCUT2D eigenvalue weighted by Gasteiger charge is 2.36. The van der Waals surface area contributed by atoms with Gasteiger partial charge in [-0.1, -0.05) is 78.3 Å². The van der Waals surface area contributed by atoms with Crippen molar-refractivity contribution in [2.75, 3.05) is 19.6 Å². The van der Waals surface area contributed by atoms with E-state index in [9.17, 15) is 20.4 Å². The zero-order chi connectivity index (χ0) is 24.1. The fourth-order valence-electron chi connectivity index (χ4n) is 4.85. The molecule has 1 saturated heterocycles. The molecule has 1 aliphatic rings. The molecule has 0 radical (unpaired) electrons. The van der Waals surface area contributed by atoms with Gasteiger partial charge in [0.25, 0.3) is 0 Å². The topological polar surface area (TPSA) is 84.2 Å². The van der Waals surface area contributed by atoms with E-state index in [4.69, 9.17) is 11.6 Å². The molecule has 0 bridgehead atoms. The number of piperidine rings is 1. The average molecular weight is 482 g/mol. The Morgan fingerprint density at radius 1 is 0.824 bits per heavy atom. The van der Waals surface area contributed by atoms with Crippen LogP contribution in [-0.2, 0) is 12.2 Å². The third-order valence-corrected chi connectivity index (χ3v) is 7.21. The summed E-state index contributed by atoms with van der Waals surface area (Å²) >= 11 is 5.99. The molecule has 34 heavy (non-hydrogen) atoms. The lowest BCUT2D eigenvalue weighted by Crippen LogP contribution is -2.46. The number of hydrogen-bond acceptors (Lipinski definition) is 5. The van der Waals surface area contributed by atoms with Crippen molar-refractivity contribution in [3.8, 4) is 0 Å². The molecule has 4 N–H and O–H groups in total. The third-order valence-electron chi connectivity index (χ3n) is 6.95. The molecule has 0 aliphatic carbocycles. The number of β-amino-alcohol motifs (C(OH)–C–C–N with tert-alkyl or cyclic N) is 1. The summed E-state index contributed by atoms with van der Waals surface area (Å²) in [6.45, 7) is 1.61. The van der Waals surface area contributed by atoms with E-state index in [0.717, 1.165) is 16.7 Å². The van der Waals surface area contributed by atoms with E-state index in [1.807, 2.05) is 42.5 Å². The highest BCUT2D eigenvalue weighted by Crippen LogP contribution is 2.37. The largest absolute Gasteiger partial charge is 0.392 e. The second-order valence-corrected chi connectivity index (χ2v) is 9.62. The molecule has 0 saturated carbocycles. The minimum absolute atomic E-state index is 0.0571. The van der Waals surface area contributed by atoms with Gasteiger partial charge in [-0.3, -0.25) is 0 Å². The minimum Gasteiger partial charge on any atom is -0.392 e. The fourth-order valence-corrected chi connectivity index (χ4v) is 4.98. The van der Waals surface area contributed by atoms with Crippen LogP contribution in [0.2, 0.25) is 5.02 Å². The van der Waals surface area contributed by atoms with Crippen LogP contribution in [0.15, 0.2) is 78.9 Å². The van der Waals surface area contributed by atoms with E-state index in [-0.39, 0.29) is 6.61 Å². The standard InChI is InChI=1S/C28H32ClNO4/c29-24-12-10-23(11-13-24)28(34)14-16-30(17-15-28)18-25(32)26(21-4-2-1-3-5-21)27(33)22-8-6-20(19-31)7-9-22/h1-13,25-27,31-34H,14-19H2/t25-,26-,27+/m1/s1. The van der Waals surface area contributed by atoms with E-state index >= 15 is 0 Å². The molecular formula is C28H32ClNO4. The Morgan fingerprint density at radius 3 is 2.03 bits per heavy atom. The molecular weight excluding hydrogens is 450 g/mol. The Kier molecular flexibility index (Phi) is 8.04. The van der Waals surface area contributed by atoms with Crippen molar-refractivity contribution in [1.82, 2.24) is 4.90 Å². The number of rotatable bonds is 8. The number of halogens is 1. The molecule has 1 aliphatic heterocycles. The van der Waals surface area contributed by atoms with E-state index < -0.39 is 23.7 Å². The molecule has 3 aromatic carbocycles. The van der Waals surface area contributed by atoms with Crippen LogP contribution in [0.25, 0.3) is 0 Å². The number of aliphatic hydroxyl groups excluding tert-OH is 3. The van der Waals surface area contributed by atoms with Gasteiger partial charge in [0.1, 0.15) is 0 Å². The maximum Gasteiger partial charge on any atom is 0.0920 e. The van der Waals surface area contributed by atoms with Crippen molar-refractivity contribution in [1.29, 1.82) is 0 Å². The first-order valence-electron chi connectivity index (χ1n) is 11.7. The van der Waals surface area contributed by atoms with Crippen LogP contribution in [0, 0.1) is 0 Å². The second-order valence-electron chi connectivity index (χ2n) is 9.19. The maximum atomic E-state index is 11.3. The summed E-state index contributed by atoms with van der Waals surface area (Å²) in [7, 11) is 0. The number of likely N-dealkylation sites (tertiary alicyclic amines) is 1. The Morgan fingerprint density at radius 2 is 1.44 bits per heavy atom. The molecule has 1 fully saturated rings. The zero-order valence-electron chi connectivity index (χ0n) is 19.1. The summed E-state index contributed by atoms with van der Waals surface area (Å²) in [4.78, 5) is 2.15. The molecule has 0 aromatic heterocycles. The predicted molar refractivity (Wildman–Crippen MR) is 134 cm³/mol. The maximum absolute atomic E-state index is 11.3. The summed E-state index contributed by atoms with van der Waals surface area (Å²) in [5.41, 5.74) is 2.29. The third kappa shape index (κ3) is 5.69. The van der Waals surface area contributed by atoms with E-state index in [1.54, 1.807) is 36.4 Å². The normalized spacial score (nSPS) is 18.9. The van der Waals surface area contributed by atoms with Gasteiger partial charge in [-0.05, 0) is 47.2 Å². The monoisotopic (exact) mass is 481 g/mol. The van der Waals surface area contributed by atoms with Gasteiger partial charge in [-0.15, -0.1) is 0 Å². The summed E-state index contributed by atoms with van der Waals surface area (Å²) in [6.07, 6.45) is -0.594. The van der Waals surface area contributed by atoms with Crippen LogP contribution < -0.4 is 0 Å². The number of hydrogen-bond donors (Lipinski definition) is 4. The second kappa shape index (κ2) is 11.0. The van der Waals surface area contributed by atoms with Crippen LogP contribution in [0.4, 0.5) is 0 Å². The Labute approximate surface area is 205 Å². The first-order valence-corrected chi connectivity index (χ1v) is 12.1. The molecule has 1 heterocycles. The summed E-state index contributed by atoms with van der Waals surface area (Å²) in [5.74, 6) is -0.516. The Balaban J connectivity index is 1.47. The zero-order valence-corrected chi connectivity index (χ0v) is 19.9. The van der Waals surface area contributed by atoms with Gasteiger partial charge in [0.2, 0.25) is 0 Å². The lowest BCUT2D eigenvalue weighted by Gasteiger charge is -2.40. The van der Waals surface area contributed by atoms with Gasteiger partial charge >= 0.3 is 0 Å². The van der Waals surface area contributed by atoms with Crippen molar-refractivity contribution in [3.63, 3.8) is 0 Å². The first-order chi connectivity index (χ1) is 16.4. The molecule has 0 unspecified atom stereocenters. The number of nitrogens with zero attached hydrogens (tertiary/aromatic N) is 1. The predicted octanol–water partition coefficient (Wildman–Crippen LogP) is 3.99. The Bertz CT molecular complexity index is 1030. The molecule has 6 heteroatoms. The lowest BCUT2D eigenvalue weighted by molar-refractivity contribution is -0.0413. The first kappa shape index (κ1) is 24.9. The van der Waals surface area contributed by atoms with Crippen LogP contribution in [0.5, 0.6) is 0 Å². The molecule has 180 valence electrons. The molecule has 5 nitrogen and oxygen atoms in total. The van der Waals surface area contributed by atoms with Crippen LogP contribution in [0.3, 0.4) is 0 Å². The smallest absolute Gasteiger partial charge is 0.0920 e. The van der Waals surface area contributed by atoms with Gasteiger partial charge < -0.3 is 25.3 Å². The highest BCUT2D eigenvalue weighted by atomic mass is 35.5. The summed E-state index contributed by atoms with van der Waals surface area (Å²) in [5, 5.41) is 43.7. The van der Waals surface area contributed by atoms with Gasteiger partial charge in [0.15, 0.2) is 0 Å². The molecule has 3 aromatic rings. The van der Waals surface area contributed by atoms with Crippen LogP contribution in [0.1, 0.15) is 47.1 Å². The molecule has 3 atom stereocenters. The summed E-state index contributed by atoms with van der Waals surface area (Å²) < 4.78 is 0. The minimum atomic E-state index is -0.904.